The lowest BCUT2D eigenvalue weighted by atomic mass is 10.1. The molecule has 1 heterocycles. The van der Waals surface area contributed by atoms with Gasteiger partial charge >= 0.3 is 0 Å². The van der Waals surface area contributed by atoms with E-state index in [4.69, 9.17) is 4.74 Å². The number of nitrogens with one attached hydrogen (secondary N) is 2. The molecular formula is C23H25N3O2. The number of carbonyl (C=O) groups is 1. The monoisotopic (exact) mass is 375 g/mol. The maximum Gasteiger partial charge on any atom is 0.251 e. The molecule has 144 valence electrons. The molecule has 0 aliphatic carbocycles. The summed E-state index contributed by atoms with van der Waals surface area (Å²) in [6, 6.07) is 21.6. The molecule has 0 saturated heterocycles. The molecule has 3 rings (SSSR count). The Hall–Kier alpha value is -3.34. The second-order valence-electron chi connectivity index (χ2n) is 6.56. The van der Waals surface area contributed by atoms with Gasteiger partial charge in [0.05, 0.1) is 7.11 Å². The number of pyridine rings is 1. The third-order valence-electron chi connectivity index (χ3n) is 4.54. The van der Waals surface area contributed by atoms with Gasteiger partial charge in [0.25, 0.3) is 5.91 Å². The van der Waals surface area contributed by atoms with Crippen LogP contribution in [0.3, 0.4) is 0 Å². The summed E-state index contributed by atoms with van der Waals surface area (Å²) in [5.74, 6) is 1.40. The van der Waals surface area contributed by atoms with Crippen LogP contribution in [-0.4, -0.2) is 24.5 Å². The molecule has 0 saturated carbocycles. The third kappa shape index (κ3) is 5.33. The summed E-state index contributed by atoms with van der Waals surface area (Å²) in [6.45, 7) is 2.63. The van der Waals surface area contributed by atoms with Crippen molar-refractivity contribution in [2.45, 2.75) is 19.4 Å². The van der Waals surface area contributed by atoms with Gasteiger partial charge in [-0.1, -0.05) is 42.5 Å². The number of anilines is 1. The molecule has 0 aliphatic heterocycles. The zero-order valence-electron chi connectivity index (χ0n) is 16.2. The first-order valence-electron chi connectivity index (χ1n) is 9.34. The highest BCUT2D eigenvalue weighted by Crippen LogP contribution is 2.18. The summed E-state index contributed by atoms with van der Waals surface area (Å²) in [7, 11) is 1.65. The molecule has 2 N–H and O–H groups in total. The highest BCUT2D eigenvalue weighted by molar-refractivity contribution is 5.94. The maximum atomic E-state index is 12.5. The Morgan fingerprint density at radius 1 is 1.07 bits per heavy atom. The van der Waals surface area contributed by atoms with Crippen LogP contribution in [-0.2, 0) is 6.42 Å². The molecule has 1 unspecified atom stereocenters. The van der Waals surface area contributed by atoms with Crippen molar-refractivity contribution >= 4 is 11.7 Å². The third-order valence-corrected chi connectivity index (χ3v) is 4.54. The lowest BCUT2D eigenvalue weighted by Crippen LogP contribution is -2.25. The van der Waals surface area contributed by atoms with Crippen molar-refractivity contribution in [3.05, 3.63) is 89.6 Å². The first kappa shape index (κ1) is 19.4. The number of nitrogens with zero attached hydrogens (tertiary/aromatic N) is 1. The van der Waals surface area contributed by atoms with Crippen molar-refractivity contribution in [3.8, 4) is 5.75 Å². The van der Waals surface area contributed by atoms with E-state index in [1.807, 2.05) is 42.5 Å². The Bertz CT molecular complexity index is 895. The van der Waals surface area contributed by atoms with E-state index in [-0.39, 0.29) is 11.9 Å². The minimum atomic E-state index is -0.105. The number of hydrogen-bond donors (Lipinski definition) is 2. The van der Waals surface area contributed by atoms with Crippen molar-refractivity contribution in [1.82, 2.24) is 10.3 Å². The number of aromatic nitrogens is 1. The van der Waals surface area contributed by atoms with Gasteiger partial charge in [-0.05, 0) is 48.7 Å². The quantitative estimate of drug-likeness (QED) is 0.618. The molecule has 0 radical (unpaired) electrons. The number of amides is 1. The van der Waals surface area contributed by atoms with Crippen LogP contribution in [0.15, 0.2) is 72.9 Å². The van der Waals surface area contributed by atoms with Crippen LogP contribution < -0.4 is 15.4 Å². The number of rotatable bonds is 8. The van der Waals surface area contributed by atoms with Crippen molar-refractivity contribution in [3.63, 3.8) is 0 Å². The molecule has 0 spiro atoms. The van der Waals surface area contributed by atoms with E-state index >= 15 is 0 Å². The minimum absolute atomic E-state index is 0.0992. The van der Waals surface area contributed by atoms with Crippen LogP contribution in [0, 0.1) is 0 Å². The largest absolute Gasteiger partial charge is 0.497 e. The van der Waals surface area contributed by atoms with Gasteiger partial charge in [0.2, 0.25) is 0 Å². The molecule has 1 aromatic heterocycles. The van der Waals surface area contributed by atoms with Crippen LogP contribution in [0.1, 0.15) is 34.5 Å². The molecule has 1 amide bonds. The number of benzene rings is 2. The van der Waals surface area contributed by atoms with Crippen molar-refractivity contribution in [2.24, 2.45) is 0 Å². The van der Waals surface area contributed by atoms with Crippen molar-refractivity contribution < 1.29 is 9.53 Å². The van der Waals surface area contributed by atoms with Crippen LogP contribution in [0.4, 0.5) is 5.82 Å². The fourth-order valence-electron chi connectivity index (χ4n) is 2.91. The Balaban J connectivity index is 1.54. The Kier molecular flexibility index (Phi) is 6.63. The zero-order valence-corrected chi connectivity index (χ0v) is 16.2. The lowest BCUT2D eigenvalue weighted by Gasteiger charge is -2.15. The number of carbonyl (C=O) groups excluding carboxylic acids is 1. The second-order valence-corrected chi connectivity index (χ2v) is 6.56. The summed E-state index contributed by atoms with van der Waals surface area (Å²) >= 11 is 0. The lowest BCUT2D eigenvalue weighted by molar-refractivity contribution is 0.0954. The molecule has 0 bridgehead atoms. The molecule has 0 aliphatic rings. The molecule has 0 fully saturated rings. The minimum Gasteiger partial charge on any atom is -0.497 e. The average Bonchev–Trinajstić information content (AvgIpc) is 2.75. The fourth-order valence-corrected chi connectivity index (χ4v) is 2.91. The van der Waals surface area contributed by atoms with Crippen molar-refractivity contribution in [1.29, 1.82) is 0 Å². The van der Waals surface area contributed by atoms with Gasteiger partial charge in [0, 0.05) is 24.3 Å². The van der Waals surface area contributed by atoms with E-state index in [2.05, 4.69) is 34.7 Å². The van der Waals surface area contributed by atoms with Crippen molar-refractivity contribution in [2.75, 3.05) is 19.0 Å². The summed E-state index contributed by atoms with van der Waals surface area (Å²) in [5.41, 5.74) is 2.90. The van der Waals surface area contributed by atoms with Crippen LogP contribution in [0.5, 0.6) is 5.75 Å². The van der Waals surface area contributed by atoms with Crippen LogP contribution in [0.25, 0.3) is 0 Å². The first-order chi connectivity index (χ1) is 13.7. The van der Waals surface area contributed by atoms with E-state index in [0.717, 1.165) is 17.7 Å². The molecule has 5 nitrogen and oxygen atoms in total. The number of hydrogen-bond acceptors (Lipinski definition) is 4. The first-order valence-corrected chi connectivity index (χ1v) is 9.34. The molecule has 28 heavy (non-hydrogen) atoms. The fraction of sp³-hybridized carbons (Fsp3) is 0.217. The van der Waals surface area contributed by atoms with Gasteiger partial charge in [-0.15, -0.1) is 0 Å². The van der Waals surface area contributed by atoms with Gasteiger partial charge in [-0.3, -0.25) is 4.79 Å². The van der Waals surface area contributed by atoms with E-state index in [0.29, 0.717) is 17.9 Å². The van der Waals surface area contributed by atoms with Gasteiger partial charge in [-0.25, -0.2) is 4.98 Å². The van der Waals surface area contributed by atoms with Crippen LogP contribution >= 0.6 is 0 Å². The molecule has 3 aromatic rings. The van der Waals surface area contributed by atoms with E-state index in [1.165, 1.54) is 5.56 Å². The van der Waals surface area contributed by atoms with Gasteiger partial charge in [-0.2, -0.15) is 0 Å². The molecule has 2 aromatic carbocycles. The van der Waals surface area contributed by atoms with E-state index < -0.39 is 0 Å². The Labute approximate surface area is 165 Å². The van der Waals surface area contributed by atoms with Crippen LogP contribution in [0.2, 0.25) is 0 Å². The highest BCUT2D eigenvalue weighted by Gasteiger charge is 2.09. The summed E-state index contributed by atoms with van der Waals surface area (Å²) in [5, 5.41) is 6.31. The summed E-state index contributed by atoms with van der Waals surface area (Å²) in [6.07, 6.45) is 2.41. The molecule has 1 atom stereocenters. The Morgan fingerprint density at radius 2 is 1.82 bits per heavy atom. The highest BCUT2D eigenvalue weighted by atomic mass is 16.5. The number of methoxy groups -OCH3 is 1. The predicted molar refractivity (Wildman–Crippen MR) is 112 cm³/mol. The summed E-state index contributed by atoms with van der Waals surface area (Å²) in [4.78, 5) is 16.8. The van der Waals surface area contributed by atoms with Gasteiger partial charge < -0.3 is 15.4 Å². The molecule has 5 heteroatoms. The standard InChI is InChI=1S/C23H25N3O2/c1-17(19-6-4-3-5-7-19)26-22-16-20(13-15-24-22)23(27)25-14-12-18-8-10-21(28-2)11-9-18/h3-11,13,15-17H,12,14H2,1-2H3,(H,24,26)(H,25,27). The van der Waals surface area contributed by atoms with E-state index in [9.17, 15) is 4.79 Å². The predicted octanol–water partition coefficient (Wildman–Crippen LogP) is 4.24. The smallest absolute Gasteiger partial charge is 0.251 e. The molecular weight excluding hydrogens is 350 g/mol. The SMILES string of the molecule is COc1ccc(CCNC(=O)c2ccnc(NC(C)c3ccccc3)c2)cc1. The zero-order chi connectivity index (χ0) is 19.8. The van der Waals surface area contributed by atoms with E-state index in [1.54, 1.807) is 25.4 Å². The topological polar surface area (TPSA) is 63.2 Å². The Morgan fingerprint density at radius 3 is 2.54 bits per heavy atom. The number of ether oxygens (including phenoxy) is 1. The summed E-state index contributed by atoms with van der Waals surface area (Å²) < 4.78 is 5.15. The van der Waals surface area contributed by atoms with Gasteiger partial charge in [0.1, 0.15) is 11.6 Å². The maximum absolute atomic E-state index is 12.5. The second kappa shape index (κ2) is 9.55. The van der Waals surface area contributed by atoms with Gasteiger partial charge in [0.15, 0.2) is 0 Å². The average molecular weight is 375 g/mol. The normalized spacial score (nSPS) is 11.5.